The van der Waals surface area contributed by atoms with Crippen LogP contribution in [0.3, 0.4) is 0 Å². The molecule has 1 amide bonds. The zero-order valence-corrected chi connectivity index (χ0v) is 11.1. The second kappa shape index (κ2) is 4.63. The van der Waals surface area contributed by atoms with Gasteiger partial charge in [-0.3, -0.25) is 10.1 Å². The lowest BCUT2D eigenvalue weighted by atomic mass is 10.1. The van der Waals surface area contributed by atoms with Crippen molar-refractivity contribution in [3.63, 3.8) is 0 Å². The van der Waals surface area contributed by atoms with Crippen molar-refractivity contribution in [2.24, 2.45) is 0 Å². The molecule has 4 rings (SSSR count). The number of carbonyl (C=O) groups is 1. The van der Waals surface area contributed by atoms with E-state index in [1.54, 1.807) is 6.07 Å². The summed E-state index contributed by atoms with van der Waals surface area (Å²) in [6, 6.07) is 15.2. The SMILES string of the molecule is O=C(Nc1nc2ccccc2o1)C1Cc2ccccc2O1. The van der Waals surface area contributed by atoms with Crippen LogP contribution < -0.4 is 10.1 Å². The van der Waals surface area contributed by atoms with E-state index in [1.807, 2.05) is 42.5 Å². The predicted molar refractivity (Wildman–Crippen MR) is 77.2 cm³/mol. The number of para-hydroxylation sites is 3. The van der Waals surface area contributed by atoms with Crippen LogP contribution in [0.15, 0.2) is 52.9 Å². The Morgan fingerprint density at radius 1 is 1.14 bits per heavy atom. The first-order chi connectivity index (χ1) is 10.3. The normalized spacial score (nSPS) is 16.5. The van der Waals surface area contributed by atoms with E-state index in [-0.39, 0.29) is 11.9 Å². The van der Waals surface area contributed by atoms with Gasteiger partial charge in [0.2, 0.25) is 0 Å². The van der Waals surface area contributed by atoms with Gasteiger partial charge in [-0.15, -0.1) is 0 Å². The molecule has 1 N–H and O–H groups in total. The Kier molecular flexibility index (Phi) is 2.64. The maximum Gasteiger partial charge on any atom is 0.302 e. The first-order valence-electron chi connectivity index (χ1n) is 6.70. The predicted octanol–water partition coefficient (Wildman–Crippen LogP) is 2.77. The summed E-state index contributed by atoms with van der Waals surface area (Å²) in [6.45, 7) is 0. The third kappa shape index (κ3) is 2.12. The fourth-order valence-corrected chi connectivity index (χ4v) is 2.44. The quantitative estimate of drug-likeness (QED) is 0.784. The first-order valence-corrected chi connectivity index (χ1v) is 6.70. The smallest absolute Gasteiger partial charge is 0.302 e. The molecule has 104 valence electrons. The summed E-state index contributed by atoms with van der Waals surface area (Å²) >= 11 is 0. The maximum atomic E-state index is 12.2. The molecule has 2 aromatic carbocycles. The van der Waals surface area contributed by atoms with Gasteiger partial charge in [-0.25, -0.2) is 0 Å². The highest BCUT2D eigenvalue weighted by molar-refractivity contribution is 5.94. The van der Waals surface area contributed by atoms with Crippen LogP contribution in [0.2, 0.25) is 0 Å². The van der Waals surface area contributed by atoms with Crippen molar-refractivity contribution in [3.05, 3.63) is 54.1 Å². The molecule has 5 heteroatoms. The van der Waals surface area contributed by atoms with E-state index in [0.717, 1.165) is 11.3 Å². The Morgan fingerprint density at radius 2 is 1.95 bits per heavy atom. The van der Waals surface area contributed by atoms with Crippen LogP contribution in [-0.2, 0) is 11.2 Å². The number of fused-ring (bicyclic) bond motifs is 2. The van der Waals surface area contributed by atoms with Gasteiger partial charge in [-0.2, -0.15) is 4.98 Å². The summed E-state index contributed by atoms with van der Waals surface area (Å²) in [4.78, 5) is 16.4. The number of nitrogens with zero attached hydrogens (tertiary/aromatic N) is 1. The molecule has 1 atom stereocenters. The van der Waals surface area contributed by atoms with Gasteiger partial charge in [0.15, 0.2) is 11.7 Å². The Labute approximate surface area is 120 Å². The van der Waals surface area contributed by atoms with Gasteiger partial charge < -0.3 is 9.15 Å². The molecule has 1 unspecified atom stereocenters. The molecule has 1 aliphatic heterocycles. The molecule has 0 saturated heterocycles. The number of nitrogens with one attached hydrogen (secondary N) is 1. The van der Waals surface area contributed by atoms with Crippen LogP contribution in [0.1, 0.15) is 5.56 Å². The average molecular weight is 280 g/mol. The Morgan fingerprint density at radius 3 is 2.81 bits per heavy atom. The summed E-state index contributed by atoms with van der Waals surface area (Å²) in [5.41, 5.74) is 2.39. The number of benzene rings is 2. The average Bonchev–Trinajstić information content (AvgIpc) is 3.10. The van der Waals surface area contributed by atoms with E-state index in [2.05, 4.69) is 10.3 Å². The molecule has 1 aliphatic rings. The van der Waals surface area contributed by atoms with Crippen LogP contribution >= 0.6 is 0 Å². The zero-order chi connectivity index (χ0) is 14.2. The highest BCUT2D eigenvalue weighted by atomic mass is 16.5. The largest absolute Gasteiger partial charge is 0.480 e. The van der Waals surface area contributed by atoms with Crippen molar-refractivity contribution in [1.82, 2.24) is 4.98 Å². The number of aromatic nitrogens is 1. The van der Waals surface area contributed by atoms with Crippen LogP contribution in [0.25, 0.3) is 11.1 Å². The second-order valence-electron chi connectivity index (χ2n) is 4.89. The summed E-state index contributed by atoms with van der Waals surface area (Å²) < 4.78 is 11.1. The zero-order valence-electron chi connectivity index (χ0n) is 11.1. The Bertz CT molecular complexity index is 767. The van der Waals surface area contributed by atoms with Crippen molar-refractivity contribution >= 4 is 23.0 Å². The van der Waals surface area contributed by atoms with E-state index >= 15 is 0 Å². The van der Waals surface area contributed by atoms with Crippen molar-refractivity contribution in [2.75, 3.05) is 5.32 Å². The van der Waals surface area contributed by atoms with Gasteiger partial charge in [-0.1, -0.05) is 30.3 Å². The van der Waals surface area contributed by atoms with Crippen molar-refractivity contribution in [3.8, 4) is 5.75 Å². The number of ether oxygens (including phenoxy) is 1. The first kappa shape index (κ1) is 12.0. The van der Waals surface area contributed by atoms with Crippen molar-refractivity contribution in [2.45, 2.75) is 12.5 Å². The van der Waals surface area contributed by atoms with E-state index in [9.17, 15) is 4.79 Å². The minimum atomic E-state index is -0.544. The summed E-state index contributed by atoms with van der Waals surface area (Å²) in [5, 5.41) is 2.67. The van der Waals surface area contributed by atoms with Gasteiger partial charge in [0.1, 0.15) is 11.3 Å². The Hall–Kier alpha value is -2.82. The molecule has 2 heterocycles. The van der Waals surface area contributed by atoms with Crippen molar-refractivity contribution in [1.29, 1.82) is 0 Å². The molecule has 3 aromatic rings. The highest BCUT2D eigenvalue weighted by Crippen LogP contribution is 2.28. The van der Waals surface area contributed by atoms with E-state index in [1.165, 1.54) is 0 Å². The molecule has 0 saturated carbocycles. The lowest BCUT2D eigenvalue weighted by Crippen LogP contribution is -2.31. The minimum Gasteiger partial charge on any atom is -0.480 e. The van der Waals surface area contributed by atoms with Crippen LogP contribution in [0, 0.1) is 0 Å². The number of carbonyl (C=O) groups excluding carboxylic acids is 1. The van der Waals surface area contributed by atoms with Crippen molar-refractivity contribution < 1.29 is 13.9 Å². The highest BCUT2D eigenvalue weighted by Gasteiger charge is 2.29. The fourth-order valence-electron chi connectivity index (χ4n) is 2.44. The van der Waals surface area contributed by atoms with Gasteiger partial charge in [0, 0.05) is 6.42 Å². The van der Waals surface area contributed by atoms with Gasteiger partial charge in [0.25, 0.3) is 5.91 Å². The van der Waals surface area contributed by atoms with Crippen LogP contribution in [-0.4, -0.2) is 17.0 Å². The van der Waals surface area contributed by atoms with E-state index in [4.69, 9.17) is 9.15 Å². The number of oxazole rings is 1. The van der Waals surface area contributed by atoms with Gasteiger partial charge >= 0.3 is 6.01 Å². The van der Waals surface area contributed by atoms with E-state index < -0.39 is 6.10 Å². The summed E-state index contributed by atoms with van der Waals surface area (Å²) in [5.74, 6) is 0.507. The lowest BCUT2D eigenvalue weighted by Gasteiger charge is -2.08. The molecular weight excluding hydrogens is 268 g/mol. The topological polar surface area (TPSA) is 64.4 Å². The van der Waals surface area contributed by atoms with Crippen LogP contribution in [0.4, 0.5) is 6.01 Å². The van der Waals surface area contributed by atoms with Crippen LogP contribution in [0.5, 0.6) is 5.75 Å². The number of hydrogen-bond acceptors (Lipinski definition) is 4. The van der Waals surface area contributed by atoms with Gasteiger partial charge in [0.05, 0.1) is 0 Å². The summed E-state index contributed by atoms with van der Waals surface area (Å²) in [7, 11) is 0. The monoisotopic (exact) mass is 280 g/mol. The Balaban J connectivity index is 1.52. The summed E-state index contributed by atoms with van der Waals surface area (Å²) in [6.07, 6.45) is 0.0137. The van der Waals surface area contributed by atoms with Gasteiger partial charge in [-0.05, 0) is 23.8 Å². The molecule has 0 aliphatic carbocycles. The van der Waals surface area contributed by atoms with E-state index in [0.29, 0.717) is 17.5 Å². The molecule has 1 aromatic heterocycles. The third-order valence-electron chi connectivity index (χ3n) is 3.46. The molecular formula is C16H12N2O3. The number of hydrogen-bond donors (Lipinski definition) is 1. The standard InChI is InChI=1S/C16H12N2O3/c19-15(14-9-10-5-1-3-7-12(10)20-14)18-16-17-11-6-2-4-8-13(11)21-16/h1-8,14H,9H2,(H,17,18,19). The maximum absolute atomic E-state index is 12.2. The third-order valence-corrected chi connectivity index (χ3v) is 3.46. The molecule has 0 bridgehead atoms. The second-order valence-corrected chi connectivity index (χ2v) is 4.89. The minimum absolute atomic E-state index is 0.195. The molecule has 0 radical (unpaired) electrons. The molecule has 21 heavy (non-hydrogen) atoms. The molecule has 5 nitrogen and oxygen atoms in total. The lowest BCUT2D eigenvalue weighted by molar-refractivity contribution is -0.122. The number of amides is 1. The molecule has 0 fully saturated rings. The molecule has 0 spiro atoms. The number of rotatable bonds is 2. The fraction of sp³-hybridized carbons (Fsp3) is 0.125. The number of anilines is 1.